The highest BCUT2D eigenvalue weighted by Crippen LogP contribution is 2.13. The summed E-state index contributed by atoms with van der Waals surface area (Å²) in [5.41, 5.74) is 1.13. The molecule has 4 heteroatoms. The van der Waals surface area contributed by atoms with Crippen molar-refractivity contribution in [2.45, 2.75) is 19.4 Å². The van der Waals surface area contributed by atoms with Crippen molar-refractivity contribution in [3.05, 3.63) is 29.3 Å². The normalized spacial score (nSPS) is 12.7. The van der Waals surface area contributed by atoms with Crippen molar-refractivity contribution in [2.75, 3.05) is 37.5 Å². The van der Waals surface area contributed by atoms with Crippen LogP contribution in [0, 0.1) is 0 Å². The maximum absolute atomic E-state index is 5.85. The highest BCUT2D eigenvalue weighted by atomic mass is 35.5. The molecular weight excluding hydrogens is 264 g/mol. The lowest BCUT2D eigenvalue weighted by Crippen LogP contribution is -2.33. The third kappa shape index (κ3) is 5.98. The van der Waals surface area contributed by atoms with E-state index in [0.717, 1.165) is 23.8 Å². The van der Waals surface area contributed by atoms with Crippen LogP contribution in [0.2, 0.25) is 5.02 Å². The van der Waals surface area contributed by atoms with E-state index < -0.39 is 0 Å². The summed E-state index contributed by atoms with van der Waals surface area (Å²) in [7, 11) is 2.19. The third-order valence-corrected chi connectivity index (χ3v) is 4.03. The van der Waals surface area contributed by atoms with Crippen molar-refractivity contribution in [2.24, 2.45) is 0 Å². The van der Waals surface area contributed by atoms with E-state index in [1.807, 2.05) is 36.0 Å². The van der Waals surface area contributed by atoms with Gasteiger partial charge in [-0.3, -0.25) is 0 Å². The molecule has 1 unspecified atom stereocenters. The molecule has 1 aromatic carbocycles. The predicted molar refractivity (Wildman–Crippen MR) is 85.0 cm³/mol. The molecule has 1 atom stereocenters. The zero-order valence-electron chi connectivity index (χ0n) is 11.4. The zero-order valence-corrected chi connectivity index (χ0v) is 13.0. The van der Waals surface area contributed by atoms with Crippen LogP contribution in [0.5, 0.6) is 0 Å². The van der Waals surface area contributed by atoms with Gasteiger partial charge in [0.25, 0.3) is 0 Å². The fourth-order valence-corrected chi connectivity index (χ4v) is 2.38. The summed E-state index contributed by atoms with van der Waals surface area (Å²) in [4.78, 5) is 2.40. The van der Waals surface area contributed by atoms with E-state index in [1.54, 1.807) is 0 Å². The van der Waals surface area contributed by atoms with Gasteiger partial charge in [0.2, 0.25) is 0 Å². The van der Waals surface area contributed by atoms with Crippen LogP contribution >= 0.6 is 23.4 Å². The number of halogens is 1. The molecule has 0 heterocycles. The Bertz CT molecular complexity index is 329. The standard InChI is InChI=1S/C14H23ClN2S/c1-12(8-11-18-3)17(2)10-9-16-14-6-4-13(15)5-7-14/h4-7,12,16H,8-11H2,1-3H3. The zero-order chi connectivity index (χ0) is 13.4. The molecule has 0 aliphatic rings. The summed E-state index contributed by atoms with van der Waals surface area (Å²) < 4.78 is 0. The summed E-state index contributed by atoms with van der Waals surface area (Å²) in [6.07, 6.45) is 3.41. The van der Waals surface area contributed by atoms with Gasteiger partial charge in [0, 0.05) is 29.8 Å². The maximum Gasteiger partial charge on any atom is 0.0407 e. The number of rotatable bonds is 8. The molecule has 0 aromatic heterocycles. The second-order valence-electron chi connectivity index (χ2n) is 4.54. The maximum atomic E-state index is 5.85. The lowest BCUT2D eigenvalue weighted by Gasteiger charge is -2.24. The summed E-state index contributed by atoms with van der Waals surface area (Å²) in [5, 5.41) is 4.19. The number of nitrogens with zero attached hydrogens (tertiary/aromatic N) is 1. The van der Waals surface area contributed by atoms with Crippen LogP contribution in [-0.4, -0.2) is 43.1 Å². The SMILES string of the molecule is CSCCC(C)N(C)CCNc1ccc(Cl)cc1. The Kier molecular flexibility index (Phi) is 7.56. The van der Waals surface area contributed by atoms with E-state index in [4.69, 9.17) is 11.6 Å². The van der Waals surface area contributed by atoms with E-state index in [2.05, 4.69) is 30.4 Å². The lowest BCUT2D eigenvalue weighted by molar-refractivity contribution is 0.262. The summed E-state index contributed by atoms with van der Waals surface area (Å²) in [6.45, 7) is 4.30. The number of hydrogen-bond acceptors (Lipinski definition) is 3. The molecule has 0 radical (unpaired) electrons. The Morgan fingerprint density at radius 2 is 2.00 bits per heavy atom. The third-order valence-electron chi connectivity index (χ3n) is 3.13. The number of benzene rings is 1. The highest BCUT2D eigenvalue weighted by molar-refractivity contribution is 7.98. The van der Waals surface area contributed by atoms with Crippen molar-refractivity contribution in [3.63, 3.8) is 0 Å². The Balaban J connectivity index is 2.22. The van der Waals surface area contributed by atoms with E-state index in [9.17, 15) is 0 Å². The smallest absolute Gasteiger partial charge is 0.0407 e. The topological polar surface area (TPSA) is 15.3 Å². The van der Waals surface area contributed by atoms with E-state index in [1.165, 1.54) is 12.2 Å². The van der Waals surface area contributed by atoms with Gasteiger partial charge in [-0.1, -0.05) is 11.6 Å². The molecule has 0 amide bonds. The van der Waals surface area contributed by atoms with Gasteiger partial charge in [0.1, 0.15) is 0 Å². The molecule has 0 saturated carbocycles. The van der Waals surface area contributed by atoms with Crippen LogP contribution in [0.15, 0.2) is 24.3 Å². The Labute approximate surface area is 120 Å². The molecule has 0 fully saturated rings. The number of likely N-dealkylation sites (N-methyl/N-ethyl adjacent to an activating group) is 1. The van der Waals surface area contributed by atoms with Gasteiger partial charge in [0.15, 0.2) is 0 Å². The number of nitrogens with one attached hydrogen (secondary N) is 1. The van der Waals surface area contributed by atoms with Crippen LogP contribution in [0.25, 0.3) is 0 Å². The van der Waals surface area contributed by atoms with Gasteiger partial charge in [-0.05, 0) is 56.7 Å². The molecule has 2 nitrogen and oxygen atoms in total. The lowest BCUT2D eigenvalue weighted by atomic mass is 10.2. The van der Waals surface area contributed by atoms with Gasteiger partial charge in [-0.2, -0.15) is 11.8 Å². The van der Waals surface area contributed by atoms with Crippen LogP contribution in [0.1, 0.15) is 13.3 Å². The molecule has 0 saturated heterocycles. The molecule has 0 bridgehead atoms. The van der Waals surface area contributed by atoms with Crippen molar-refractivity contribution in [1.82, 2.24) is 4.90 Å². The fraction of sp³-hybridized carbons (Fsp3) is 0.571. The minimum Gasteiger partial charge on any atom is -0.384 e. The number of hydrogen-bond donors (Lipinski definition) is 1. The van der Waals surface area contributed by atoms with Crippen LogP contribution in [0.4, 0.5) is 5.69 Å². The Hall–Kier alpha value is -0.380. The fourth-order valence-electron chi connectivity index (χ4n) is 1.67. The van der Waals surface area contributed by atoms with Crippen LogP contribution in [-0.2, 0) is 0 Å². The summed E-state index contributed by atoms with van der Waals surface area (Å²) in [6, 6.07) is 8.49. The molecule has 0 aliphatic heterocycles. The van der Waals surface area contributed by atoms with Crippen molar-refractivity contribution >= 4 is 29.1 Å². The first-order valence-electron chi connectivity index (χ1n) is 6.32. The molecule has 1 aromatic rings. The van der Waals surface area contributed by atoms with E-state index >= 15 is 0 Å². The molecule has 102 valence electrons. The minimum atomic E-state index is 0.643. The number of thioether (sulfide) groups is 1. The summed E-state index contributed by atoms with van der Waals surface area (Å²) >= 11 is 7.76. The van der Waals surface area contributed by atoms with Gasteiger partial charge >= 0.3 is 0 Å². The highest BCUT2D eigenvalue weighted by Gasteiger charge is 2.07. The van der Waals surface area contributed by atoms with Gasteiger partial charge < -0.3 is 10.2 Å². The van der Waals surface area contributed by atoms with Gasteiger partial charge in [0.05, 0.1) is 0 Å². The van der Waals surface area contributed by atoms with Crippen LogP contribution < -0.4 is 5.32 Å². The van der Waals surface area contributed by atoms with E-state index in [-0.39, 0.29) is 0 Å². The number of anilines is 1. The molecule has 1 N–H and O–H groups in total. The van der Waals surface area contributed by atoms with Gasteiger partial charge in [-0.25, -0.2) is 0 Å². The second kappa shape index (κ2) is 8.68. The first kappa shape index (κ1) is 15.7. The Morgan fingerprint density at radius 1 is 1.33 bits per heavy atom. The molecule has 0 spiro atoms. The summed E-state index contributed by atoms with van der Waals surface area (Å²) in [5.74, 6) is 1.23. The largest absolute Gasteiger partial charge is 0.384 e. The monoisotopic (exact) mass is 286 g/mol. The molecule has 18 heavy (non-hydrogen) atoms. The van der Waals surface area contributed by atoms with E-state index in [0.29, 0.717) is 6.04 Å². The average Bonchev–Trinajstić information content (AvgIpc) is 2.38. The first-order valence-corrected chi connectivity index (χ1v) is 8.09. The van der Waals surface area contributed by atoms with Crippen molar-refractivity contribution in [3.8, 4) is 0 Å². The average molecular weight is 287 g/mol. The van der Waals surface area contributed by atoms with Gasteiger partial charge in [-0.15, -0.1) is 0 Å². The first-order chi connectivity index (χ1) is 8.63. The minimum absolute atomic E-state index is 0.643. The van der Waals surface area contributed by atoms with Crippen molar-refractivity contribution in [1.29, 1.82) is 0 Å². The quantitative estimate of drug-likeness (QED) is 0.782. The molecule has 0 aliphatic carbocycles. The predicted octanol–water partition coefficient (Wildman–Crippen LogP) is 3.83. The molecule has 1 rings (SSSR count). The second-order valence-corrected chi connectivity index (χ2v) is 5.97. The Morgan fingerprint density at radius 3 is 2.61 bits per heavy atom. The molecular formula is C14H23ClN2S. The van der Waals surface area contributed by atoms with Crippen molar-refractivity contribution < 1.29 is 0 Å². The van der Waals surface area contributed by atoms with Crippen LogP contribution in [0.3, 0.4) is 0 Å².